The molecule has 57 valence electrons. The van der Waals surface area contributed by atoms with E-state index in [1.54, 1.807) is 0 Å². The molecule has 0 saturated carbocycles. The van der Waals surface area contributed by atoms with Crippen molar-refractivity contribution in [1.29, 1.82) is 0 Å². The van der Waals surface area contributed by atoms with Gasteiger partial charge in [0.1, 0.15) is 0 Å². The summed E-state index contributed by atoms with van der Waals surface area (Å²) in [4.78, 5) is 10.6. The molecule has 1 nitrogen and oxygen atoms in total. The number of hydrogen-bond donors (Lipinski definition) is 0. The van der Waals surface area contributed by atoms with Crippen LogP contribution in [0.3, 0.4) is 0 Å². The standard InChI is InChI=1S/C11H7O/c12-8-10-6-3-5-9-4-1-2-7-11(9)10/h1,3-8H. The molecule has 0 amide bonds. The number of fused-ring (bicyclic) bond motifs is 1. The number of aldehydes is 1. The zero-order chi connectivity index (χ0) is 8.39. The summed E-state index contributed by atoms with van der Waals surface area (Å²) in [5.41, 5.74) is 0.726. The molecule has 12 heavy (non-hydrogen) atoms. The van der Waals surface area contributed by atoms with Gasteiger partial charge in [-0.05, 0) is 22.9 Å². The Labute approximate surface area is 70.6 Å². The predicted molar refractivity (Wildman–Crippen MR) is 48.2 cm³/mol. The second-order valence-electron chi connectivity index (χ2n) is 2.61. The van der Waals surface area contributed by atoms with Gasteiger partial charge in [0.05, 0.1) is 0 Å². The Hall–Kier alpha value is -1.63. The van der Waals surface area contributed by atoms with E-state index in [2.05, 4.69) is 6.07 Å². The lowest BCUT2D eigenvalue weighted by Crippen LogP contribution is -1.81. The highest BCUT2D eigenvalue weighted by Crippen LogP contribution is 2.15. The number of carbonyl (C=O) groups excluding carboxylic acids is 1. The highest BCUT2D eigenvalue weighted by atomic mass is 16.1. The normalized spacial score (nSPS) is 10.0. The third-order valence-corrected chi connectivity index (χ3v) is 1.89. The maximum Gasteiger partial charge on any atom is 0.150 e. The molecule has 0 aliphatic heterocycles. The van der Waals surface area contributed by atoms with E-state index in [4.69, 9.17) is 0 Å². The van der Waals surface area contributed by atoms with Crippen LogP contribution in [-0.2, 0) is 0 Å². The Morgan fingerprint density at radius 1 is 1.25 bits per heavy atom. The molecule has 0 fully saturated rings. The number of hydrogen-bond acceptors (Lipinski definition) is 1. The van der Waals surface area contributed by atoms with Gasteiger partial charge in [0.25, 0.3) is 0 Å². The van der Waals surface area contributed by atoms with Crippen molar-refractivity contribution in [3.8, 4) is 0 Å². The SMILES string of the molecule is O=Cc1cccc2cc[c]cc12. The first-order chi connectivity index (χ1) is 5.92. The summed E-state index contributed by atoms with van der Waals surface area (Å²) in [5, 5.41) is 2.05. The van der Waals surface area contributed by atoms with Gasteiger partial charge in [-0.25, -0.2) is 0 Å². The number of benzene rings is 2. The Bertz CT molecular complexity index is 413. The highest BCUT2D eigenvalue weighted by Gasteiger charge is 1.96. The van der Waals surface area contributed by atoms with E-state index < -0.39 is 0 Å². The van der Waals surface area contributed by atoms with Crippen molar-refractivity contribution >= 4 is 17.1 Å². The summed E-state index contributed by atoms with van der Waals surface area (Å²) in [5.74, 6) is 0. The zero-order valence-corrected chi connectivity index (χ0v) is 6.45. The van der Waals surface area contributed by atoms with E-state index in [9.17, 15) is 4.79 Å². The summed E-state index contributed by atoms with van der Waals surface area (Å²) < 4.78 is 0. The second kappa shape index (κ2) is 2.78. The molecule has 0 atom stereocenters. The summed E-state index contributed by atoms with van der Waals surface area (Å²) in [6.07, 6.45) is 0.871. The van der Waals surface area contributed by atoms with Crippen LogP contribution in [0.15, 0.2) is 36.4 Å². The van der Waals surface area contributed by atoms with Crippen LogP contribution < -0.4 is 0 Å². The van der Waals surface area contributed by atoms with E-state index in [0.29, 0.717) is 0 Å². The van der Waals surface area contributed by atoms with Crippen LogP contribution in [0.4, 0.5) is 0 Å². The summed E-state index contributed by atoms with van der Waals surface area (Å²) >= 11 is 0. The van der Waals surface area contributed by atoms with Crippen LogP contribution in [0.2, 0.25) is 0 Å². The van der Waals surface area contributed by atoms with E-state index in [1.807, 2.05) is 36.4 Å². The minimum Gasteiger partial charge on any atom is -0.298 e. The zero-order valence-electron chi connectivity index (χ0n) is 6.45. The smallest absolute Gasteiger partial charge is 0.150 e. The lowest BCUT2D eigenvalue weighted by molar-refractivity contribution is 0.112. The van der Waals surface area contributed by atoms with Gasteiger partial charge in [0.15, 0.2) is 6.29 Å². The van der Waals surface area contributed by atoms with Gasteiger partial charge < -0.3 is 0 Å². The van der Waals surface area contributed by atoms with Crippen LogP contribution >= 0.6 is 0 Å². The van der Waals surface area contributed by atoms with Crippen LogP contribution in [0, 0.1) is 6.07 Å². The Morgan fingerprint density at radius 3 is 3.00 bits per heavy atom. The van der Waals surface area contributed by atoms with Crippen LogP contribution in [0.25, 0.3) is 10.8 Å². The van der Waals surface area contributed by atoms with Crippen molar-refractivity contribution in [2.45, 2.75) is 0 Å². The lowest BCUT2D eigenvalue weighted by Gasteiger charge is -1.97. The molecule has 2 rings (SSSR count). The molecule has 2 aromatic carbocycles. The lowest BCUT2D eigenvalue weighted by atomic mass is 10.1. The molecule has 0 N–H and O–H groups in total. The highest BCUT2D eigenvalue weighted by molar-refractivity contribution is 5.97. The fourth-order valence-electron chi connectivity index (χ4n) is 1.29. The van der Waals surface area contributed by atoms with E-state index in [0.717, 1.165) is 22.6 Å². The van der Waals surface area contributed by atoms with Crippen molar-refractivity contribution in [2.24, 2.45) is 0 Å². The Balaban J connectivity index is 2.88. The van der Waals surface area contributed by atoms with Gasteiger partial charge in [-0.15, -0.1) is 0 Å². The Kier molecular flexibility index (Phi) is 1.63. The minimum atomic E-state index is 0.726. The molecule has 2 aromatic rings. The fourth-order valence-corrected chi connectivity index (χ4v) is 1.29. The van der Waals surface area contributed by atoms with E-state index >= 15 is 0 Å². The van der Waals surface area contributed by atoms with Crippen molar-refractivity contribution in [1.82, 2.24) is 0 Å². The fraction of sp³-hybridized carbons (Fsp3) is 0. The summed E-state index contributed by atoms with van der Waals surface area (Å²) in [6.45, 7) is 0. The van der Waals surface area contributed by atoms with Gasteiger partial charge in [0, 0.05) is 5.56 Å². The number of carbonyl (C=O) groups is 1. The molecule has 0 spiro atoms. The first-order valence-electron chi connectivity index (χ1n) is 3.76. The first kappa shape index (κ1) is 7.04. The van der Waals surface area contributed by atoms with E-state index in [-0.39, 0.29) is 0 Å². The summed E-state index contributed by atoms with van der Waals surface area (Å²) in [6, 6.07) is 14.2. The quantitative estimate of drug-likeness (QED) is 0.578. The van der Waals surface area contributed by atoms with Crippen LogP contribution in [0.1, 0.15) is 10.4 Å². The van der Waals surface area contributed by atoms with Crippen molar-refractivity contribution < 1.29 is 4.79 Å². The Morgan fingerprint density at radius 2 is 2.17 bits per heavy atom. The number of rotatable bonds is 1. The average Bonchev–Trinajstić information content (AvgIpc) is 2.17. The van der Waals surface area contributed by atoms with Gasteiger partial charge in [-0.1, -0.05) is 30.3 Å². The third-order valence-electron chi connectivity index (χ3n) is 1.89. The predicted octanol–water partition coefficient (Wildman–Crippen LogP) is 2.45. The monoisotopic (exact) mass is 155 g/mol. The third kappa shape index (κ3) is 0.996. The average molecular weight is 155 g/mol. The van der Waals surface area contributed by atoms with Crippen LogP contribution in [0.5, 0.6) is 0 Å². The maximum atomic E-state index is 10.6. The molecule has 0 unspecified atom stereocenters. The van der Waals surface area contributed by atoms with Gasteiger partial charge in [-0.3, -0.25) is 4.79 Å². The van der Waals surface area contributed by atoms with Gasteiger partial charge in [-0.2, -0.15) is 0 Å². The van der Waals surface area contributed by atoms with Gasteiger partial charge >= 0.3 is 0 Å². The molecular weight excluding hydrogens is 148 g/mol. The maximum absolute atomic E-state index is 10.6. The molecule has 1 radical (unpaired) electrons. The minimum absolute atomic E-state index is 0.726. The largest absolute Gasteiger partial charge is 0.298 e. The first-order valence-corrected chi connectivity index (χ1v) is 3.76. The van der Waals surface area contributed by atoms with Gasteiger partial charge in [0.2, 0.25) is 0 Å². The molecule has 0 heterocycles. The molecule has 0 aliphatic rings. The summed E-state index contributed by atoms with van der Waals surface area (Å²) in [7, 11) is 0. The molecule has 0 aromatic heterocycles. The van der Waals surface area contributed by atoms with Crippen LogP contribution in [-0.4, -0.2) is 6.29 Å². The molecular formula is C11H7O. The second-order valence-corrected chi connectivity index (χ2v) is 2.61. The molecule has 0 bridgehead atoms. The topological polar surface area (TPSA) is 17.1 Å². The van der Waals surface area contributed by atoms with Crippen molar-refractivity contribution in [3.63, 3.8) is 0 Å². The van der Waals surface area contributed by atoms with E-state index in [1.165, 1.54) is 0 Å². The molecule has 0 saturated heterocycles. The molecule has 0 aliphatic carbocycles. The van der Waals surface area contributed by atoms with Crippen molar-refractivity contribution in [2.75, 3.05) is 0 Å². The molecule has 1 heteroatoms. The van der Waals surface area contributed by atoms with Crippen molar-refractivity contribution in [3.05, 3.63) is 48.0 Å².